The van der Waals surface area contributed by atoms with Crippen molar-refractivity contribution in [2.45, 2.75) is 50.2 Å². The maximum absolute atomic E-state index is 13.4. The molecule has 0 aromatic heterocycles. The zero-order chi connectivity index (χ0) is 23.7. The molecular formula is C23H24F7NO. The molecule has 0 heterocycles. The van der Waals surface area contributed by atoms with Gasteiger partial charge in [0, 0.05) is 5.92 Å². The molecule has 0 aliphatic heterocycles. The van der Waals surface area contributed by atoms with Crippen molar-refractivity contribution in [3.8, 4) is 0 Å². The molecule has 1 fully saturated rings. The predicted molar refractivity (Wildman–Crippen MR) is 106 cm³/mol. The Balaban J connectivity index is 1.90. The minimum atomic E-state index is -4.92. The van der Waals surface area contributed by atoms with Crippen LogP contribution in [0.15, 0.2) is 42.5 Å². The van der Waals surface area contributed by atoms with Gasteiger partial charge in [-0.3, -0.25) is 0 Å². The molecule has 1 saturated carbocycles. The summed E-state index contributed by atoms with van der Waals surface area (Å²) in [7, 11) is 1.79. The highest BCUT2D eigenvalue weighted by Gasteiger charge is 2.40. The number of hydrogen-bond donors (Lipinski definition) is 1. The van der Waals surface area contributed by atoms with Crippen LogP contribution in [0.4, 0.5) is 30.7 Å². The van der Waals surface area contributed by atoms with Gasteiger partial charge in [0.05, 0.1) is 23.3 Å². The van der Waals surface area contributed by atoms with Crippen LogP contribution < -0.4 is 5.32 Å². The van der Waals surface area contributed by atoms with Gasteiger partial charge in [0.1, 0.15) is 5.82 Å². The molecule has 0 bridgehead atoms. The van der Waals surface area contributed by atoms with E-state index in [4.69, 9.17) is 4.74 Å². The van der Waals surface area contributed by atoms with Crippen LogP contribution in [0.3, 0.4) is 0 Å². The van der Waals surface area contributed by atoms with Crippen molar-refractivity contribution in [2.24, 2.45) is 5.92 Å². The third-order valence-corrected chi connectivity index (χ3v) is 5.91. The lowest BCUT2D eigenvalue weighted by molar-refractivity contribution is -0.143. The Bertz CT molecular complexity index is 876. The molecule has 1 N–H and O–H groups in total. The van der Waals surface area contributed by atoms with Crippen LogP contribution in [0.5, 0.6) is 0 Å². The third-order valence-electron chi connectivity index (χ3n) is 5.91. The summed E-state index contributed by atoms with van der Waals surface area (Å²) in [6.07, 6.45) is -9.92. The number of rotatable bonds is 6. The number of ether oxygens (including phenoxy) is 1. The summed E-state index contributed by atoms with van der Waals surface area (Å²) in [6.45, 7) is 2.10. The van der Waals surface area contributed by atoms with Crippen LogP contribution in [-0.4, -0.2) is 19.7 Å². The predicted octanol–water partition coefficient (Wildman–Crippen LogP) is 6.72. The van der Waals surface area contributed by atoms with E-state index in [0.29, 0.717) is 25.1 Å². The molecule has 1 aliphatic rings. The fourth-order valence-corrected chi connectivity index (χ4v) is 4.41. The molecule has 2 aromatic rings. The largest absolute Gasteiger partial charge is 0.416 e. The normalized spacial score (nSPS) is 22.8. The maximum Gasteiger partial charge on any atom is 0.416 e. The first-order valence-corrected chi connectivity index (χ1v) is 10.2. The Morgan fingerprint density at radius 3 is 2.00 bits per heavy atom. The van der Waals surface area contributed by atoms with Crippen LogP contribution in [0.2, 0.25) is 0 Å². The van der Waals surface area contributed by atoms with E-state index in [1.54, 1.807) is 19.2 Å². The fourth-order valence-electron chi connectivity index (χ4n) is 4.41. The van der Waals surface area contributed by atoms with Crippen molar-refractivity contribution in [2.75, 3.05) is 13.6 Å². The number of alkyl halides is 6. The molecule has 2 nitrogen and oxygen atoms in total. The van der Waals surface area contributed by atoms with E-state index in [1.807, 2.05) is 0 Å². The summed E-state index contributed by atoms with van der Waals surface area (Å²) >= 11 is 0. The van der Waals surface area contributed by atoms with Crippen LogP contribution in [0, 0.1) is 11.7 Å². The lowest BCUT2D eigenvalue weighted by Crippen LogP contribution is -2.27. The lowest BCUT2D eigenvalue weighted by atomic mass is 9.87. The van der Waals surface area contributed by atoms with Crippen molar-refractivity contribution >= 4 is 0 Å². The van der Waals surface area contributed by atoms with Crippen molar-refractivity contribution < 1.29 is 35.5 Å². The van der Waals surface area contributed by atoms with Crippen LogP contribution >= 0.6 is 0 Å². The van der Waals surface area contributed by atoms with Gasteiger partial charge >= 0.3 is 12.4 Å². The van der Waals surface area contributed by atoms with Crippen molar-refractivity contribution in [3.05, 3.63) is 70.5 Å². The second-order valence-corrected chi connectivity index (χ2v) is 8.13. The minimum absolute atomic E-state index is 0.107. The zero-order valence-electron chi connectivity index (χ0n) is 17.5. The topological polar surface area (TPSA) is 21.3 Å². The summed E-state index contributed by atoms with van der Waals surface area (Å²) in [5, 5.41) is 3.09. The van der Waals surface area contributed by atoms with Gasteiger partial charge < -0.3 is 10.1 Å². The first-order valence-electron chi connectivity index (χ1n) is 10.2. The van der Waals surface area contributed by atoms with Gasteiger partial charge in [-0.25, -0.2) is 4.39 Å². The molecule has 2 aromatic carbocycles. The summed E-state index contributed by atoms with van der Waals surface area (Å²) in [6, 6.07) is 7.44. The highest BCUT2D eigenvalue weighted by Crippen LogP contribution is 2.44. The second kappa shape index (κ2) is 9.39. The van der Waals surface area contributed by atoms with Gasteiger partial charge in [-0.2, -0.15) is 26.3 Å². The van der Waals surface area contributed by atoms with Crippen LogP contribution in [-0.2, 0) is 17.1 Å². The monoisotopic (exact) mass is 463 g/mol. The quantitative estimate of drug-likeness (QED) is 0.480. The summed E-state index contributed by atoms with van der Waals surface area (Å²) in [5.74, 6) is -0.431. The van der Waals surface area contributed by atoms with Gasteiger partial charge in [0.2, 0.25) is 0 Å². The minimum Gasteiger partial charge on any atom is -0.370 e. The SMILES string of the molecule is CNC[C@@H]1CC[C@H](O[C@H](C)c2cc(C(F)(F)F)cc(C(F)(F)F)c2)[C@H]1c1ccc(F)cc1. The molecule has 176 valence electrons. The van der Waals surface area contributed by atoms with E-state index in [9.17, 15) is 30.7 Å². The summed E-state index contributed by atoms with van der Waals surface area (Å²) < 4.78 is 98.7. The molecule has 3 rings (SSSR count). The molecule has 0 unspecified atom stereocenters. The number of hydrogen-bond acceptors (Lipinski definition) is 2. The highest BCUT2D eigenvalue weighted by atomic mass is 19.4. The molecule has 4 atom stereocenters. The standard InChI is InChI=1S/C23H24F7NO/c1-13(16-9-17(22(25,26)27)11-18(10-16)23(28,29)30)32-20-8-5-15(12-31-2)21(20)14-3-6-19(24)7-4-14/h3-4,6-7,9-11,13,15,20-21,31H,5,8,12H2,1-2H3/t13-,15+,20+,21+/m1/s1. The Labute approximate surface area is 181 Å². The lowest BCUT2D eigenvalue weighted by Gasteiger charge is -2.28. The third kappa shape index (κ3) is 5.61. The Hall–Kier alpha value is -2.13. The van der Waals surface area contributed by atoms with E-state index in [1.165, 1.54) is 19.1 Å². The summed E-state index contributed by atoms with van der Waals surface area (Å²) in [4.78, 5) is 0. The fraction of sp³-hybridized carbons (Fsp3) is 0.478. The average molecular weight is 463 g/mol. The molecule has 9 heteroatoms. The molecule has 0 spiro atoms. The van der Waals surface area contributed by atoms with Crippen molar-refractivity contribution in [1.82, 2.24) is 5.32 Å². The number of benzene rings is 2. The van der Waals surface area contributed by atoms with Gasteiger partial charge in [-0.1, -0.05) is 12.1 Å². The van der Waals surface area contributed by atoms with Crippen molar-refractivity contribution in [1.29, 1.82) is 0 Å². The summed E-state index contributed by atoms with van der Waals surface area (Å²) in [5.41, 5.74) is -2.11. The van der Waals surface area contributed by atoms with Gasteiger partial charge in [-0.15, -0.1) is 0 Å². The smallest absolute Gasteiger partial charge is 0.370 e. The molecular weight excluding hydrogens is 439 g/mol. The Morgan fingerprint density at radius 2 is 1.50 bits per heavy atom. The average Bonchev–Trinajstić information content (AvgIpc) is 3.09. The highest BCUT2D eigenvalue weighted by molar-refractivity contribution is 5.35. The number of halogens is 7. The first-order chi connectivity index (χ1) is 14.9. The van der Waals surface area contributed by atoms with Gasteiger partial charge in [0.15, 0.2) is 0 Å². The molecule has 0 amide bonds. The van der Waals surface area contributed by atoms with E-state index in [2.05, 4.69) is 5.32 Å². The van der Waals surface area contributed by atoms with E-state index < -0.39 is 41.5 Å². The molecule has 1 aliphatic carbocycles. The maximum atomic E-state index is 13.4. The Morgan fingerprint density at radius 1 is 0.938 bits per heavy atom. The molecule has 32 heavy (non-hydrogen) atoms. The van der Waals surface area contributed by atoms with Crippen molar-refractivity contribution in [3.63, 3.8) is 0 Å². The van der Waals surface area contributed by atoms with Crippen LogP contribution in [0.1, 0.15) is 54.0 Å². The zero-order valence-corrected chi connectivity index (χ0v) is 17.5. The molecule has 0 radical (unpaired) electrons. The Kier molecular flexibility index (Phi) is 7.19. The van der Waals surface area contributed by atoms with Gasteiger partial charge in [-0.05, 0) is 80.7 Å². The second-order valence-electron chi connectivity index (χ2n) is 8.13. The first kappa shape index (κ1) is 24.5. The number of nitrogens with one attached hydrogen (secondary N) is 1. The van der Waals surface area contributed by atoms with E-state index in [-0.39, 0.29) is 23.5 Å². The van der Waals surface area contributed by atoms with Crippen LogP contribution in [0.25, 0.3) is 0 Å². The van der Waals surface area contributed by atoms with Gasteiger partial charge in [0.25, 0.3) is 0 Å². The van der Waals surface area contributed by atoms with E-state index in [0.717, 1.165) is 12.0 Å². The van der Waals surface area contributed by atoms with E-state index >= 15 is 0 Å². The molecule has 0 saturated heterocycles.